The minimum Gasteiger partial charge on any atom is -0.352 e. The van der Waals surface area contributed by atoms with Crippen molar-refractivity contribution >= 4 is 6.03 Å². The highest BCUT2D eigenvalue weighted by atomic mass is 16.7. The molecular formula is C17H36N2O3. The minimum atomic E-state index is -0.671. The minimum absolute atomic E-state index is 0.103. The van der Waals surface area contributed by atoms with Gasteiger partial charge in [-0.15, -0.1) is 0 Å². The average Bonchev–Trinajstić information content (AvgIpc) is 2.45. The maximum absolute atomic E-state index is 11.0. The summed E-state index contributed by atoms with van der Waals surface area (Å²) in [5.41, 5.74) is 5.21. The van der Waals surface area contributed by atoms with Gasteiger partial charge in [-0.1, -0.05) is 45.4 Å². The molecule has 0 aliphatic heterocycles. The van der Waals surface area contributed by atoms with Crippen LogP contribution in [0.15, 0.2) is 0 Å². The first kappa shape index (κ1) is 21.2. The Morgan fingerprint density at radius 2 is 1.59 bits per heavy atom. The van der Waals surface area contributed by atoms with Gasteiger partial charge in [-0.2, -0.15) is 0 Å². The number of hydrogen-bond acceptors (Lipinski definition) is 3. The summed E-state index contributed by atoms with van der Waals surface area (Å²) < 4.78 is 11.7. The molecule has 0 saturated heterocycles. The van der Waals surface area contributed by atoms with Crippen molar-refractivity contribution in [3.05, 3.63) is 0 Å². The number of urea groups is 1. The smallest absolute Gasteiger partial charge is 0.312 e. The van der Waals surface area contributed by atoms with E-state index in [4.69, 9.17) is 15.2 Å². The molecule has 0 aromatic carbocycles. The van der Waals surface area contributed by atoms with Gasteiger partial charge in [0.2, 0.25) is 0 Å². The number of hydrogen-bond donors (Lipinski definition) is 2. The topological polar surface area (TPSA) is 73.6 Å². The Kier molecular flexibility index (Phi) is 12.2. The molecule has 5 nitrogen and oxygen atoms in total. The van der Waals surface area contributed by atoms with E-state index in [1.165, 1.54) is 32.1 Å². The zero-order chi connectivity index (χ0) is 16.8. The van der Waals surface area contributed by atoms with Gasteiger partial charge in [0.15, 0.2) is 5.79 Å². The number of unbranched alkanes of at least 4 members (excludes halogenated alkanes) is 5. The summed E-state index contributed by atoms with van der Waals surface area (Å²) in [4.78, 5) is 11.0. The van der Waals surface area contributed by atoms with E-state index in [0.717, 1.165) is 12.8 Å². The lowest BCUT2D eigenvalue weighted by molar-refractivity contribution is -0.251. The molecule has 0 aliphatic rings. The Morgan fingerprint density at radius 1 is 1.05 bits per heavy atom. The Morgan fingerprint density at radius 3 is 2.09 bits per heavy atom. The van der Waals surface area contributed by atoms with E-state index in [2.05, 4.69) is 12.2 Å². The lowest BCUT2D eigenvalue weighted by Crippen LogP contribution is -2.47. The standard InChI is InChI=1S/C17H36N2O3/c1-5-8-9-10-11-12-13-15(14-19-16(18)20)17(4,21-6-2)22-7-3/h15H,5-14H2,1-4H3,(H3,18,19,20). The number of carbonyl (C=O) groups is 1. The highest BCUT2D eigenvalue weighted by Crippen LogP contribution is 2.28. The van der Waals surface area contributed by atoms with Crippen LogP contribution in [0, 0.1) is 5.92 Å². The molecule has 0 aliphatic carbocycles. The van der Waals surface area contributed by atoms with Crippen molar-refractivity contribution in [3.8, 4) is 0 Å². The fraction of sp³-hybridized carbons (Fsp3) is 0.941. The van der Waals surface area contributed by atoms with Gasteiger partial charge in [-0.05, 0) is 27.2 Å². The molecule has 22 heavy (non-hydrogen) atoms. The van der Waals surface area contributed by atoms with Gasteiger partial charge in [0, 0.05) is 25.7 Å². The molecule has 1 unspecified atom stereocenters. The molecule has 0 heterocycles. The number of nitrogens with one attached hydrogen (secondary N) is 1. The van der Waals surface area contributed by atoms with Crippen LogP contribution >= 0.6 is 0 Å². The van der Waals surface area contributed by atoms with Gasteiger partial charge in [0.25, 0.3) is 0 Å². The fourth-order valence-corrected chi connectivity index (χ4v) is 2.80. The first-order valence-corrected chi connectivity index (χ1v) is 8.81. The van der Waals surface area contributed by atoms with Gasteiger partial charge in [-0.3, -0.25) is 0 Å². The monoisotopic (exact) mass is 316 g/mol. The van der Waals surface area contributed by atoms with Crippen LogP contribution in [0.5, 0.6) is 0 Å². The Balaban J connectivity index is 4.47. The van der Waals surface area contributed by atoms with Crippen molar-refractivity contribution in [2.75, 3.05) is 19.8 Å². The van der Waals surface area contributed by atoms with E-state index in [9.17, 15) is 4.79 Å². The molecule has 132 valence electrons. The molecule has 0 saturated carbocycles. The first-order chi connectivity index (χ1) is 10.5. The van der Waals surface area contributed by atoms with Crippen LogP contribution in [0.3, 0.4) is 0 Å². The number of rotatable bonds is 14. The summed E-state index contributed by atoms with van der Waals surface area (Å²) in [7, 11) is 0. The predicted molar refractivity (Wildman–Crippen MR) is 90.7 cm³/mol. The highest BCUT2D eigenvalue weighted by molar-refractivity contribution is 5.71. The molecule has 0 rings (SSSR count). The van der Waals surface area contributed by atoms with Crippen molar-refractivity contribution in [1.29, 1.82) is 0 Å². The zero-order valence-electron chi connectivity index (χ0n) is 15.0. The van der Waals surface area contributed by atoms with Gasteiger partial charge < -0.3 is 20.5 Å². The van der Waals surface area contributed by atoms with E-state index in [0.29, 0.717) is 19.8 Å². The summed E-state index contributed by atoms with van der Waals surface area (Å²) in [6.07, 6.45) is 8.42. The normalized spacial score (nSPS) is 13.1. The molecule has 5 heteroatoms. The Labute approximate surface area is 136 Å². The third-order valence-corrected chi connectivity index (χ3v) is 4.03. The van der Waals surface area contributed by atoms with E-state index >= 15 is 0 Å². The van der Waals surface area contributed by atoms with Crippen molar-refractivity contribution in [3.63, 3.8) is 0 Å². The largest absolute Gasteiger partial charge is 0.352 e. The molecule has 3 N–H and O–H groups in total. The van der Waals surface area contributed by atoms with E-state index in [1.807, 2.05) is 20.8 Å². The number of nitrogens with two attached hydrogens (primary N) is 1. The van der Waals surface area contributed by atoms with Crippen LogP contribution in [0.4, 0.5) is 4.79 Å². The molecule has 1 atom stereocenters. The van der Waals surface area contributed by atoms with Gasteiger partial charge in [-0.25, -0.2) is 4.79 Å². The molecule has 2 amide bonds. The maximum Gasteiger partial charge on any atom is 0.312 e. The number of ether oxygens (including phenoxy) is 2. The van der Waals surface area contributed by atoms with Crippen LogP contribution < -0.4 is 11.1 Å². The van der Waals surface area contributed by atoms with Crippen LogP contribution in [-0.4, -0.2) is 31.6 Å². The summed E-state index contributed by atoms with van der Waals surface area (Å²) in [5, 5.41) is 2.71. The summed E-state index contributed by atoms with van der Waals surface area (Å²) >= 11 is 0. The Hall–Kier alpha value is -0.810. The molecular weight excluding hydrogens is 280 g/mol. The number of carbonyl (C=O) groups excluding carboxylic acids is 1. The second-order valence-electron chi connectivity index (χ2n) is 5.88. The Bertz CT molecular complexity index is 279. The quantitative estimate of drug-likeness (QED) is 0.378. The molecule has 0 spiro atoms. The second kappa shape index (κ2) is 12.7. The summed E-state index contributed by atoms with van der Waals surface area (Å²) in [5.74, 6) is -0.568. The van der Waals surface area contributed by atoms with Crippen molar-refractivity contribution in [2.24, 2.45) is 11.7 Å². The van der Waals surface area contributed by atoms with Gasteiger partial charge in [0.1, 0.15) is 0 Å². The number of primary amides is 1. The average molecular weight is 316 g/mol. The summed E-state index contributed by atoms with van der Waals surface area (Å²) in [6.45, 7) is 9.76. The van der Waals surface area contributed by atoms with Crippen molar-refractivity contribution < 1.29 is 14.3 Å². The molecule has 0 fully saturated rings. The zero-order valence-corrected chi connectivity index (χ0v) is 15.0. The van der Waals surface area contributed by atoms with E-state index < -0.39 is 11.8 Å². The van der Waals surface area contributed by atoms with Crippen molar-refractivity contribution in [1.82, 2.24) is 5.32 Å². The first-order valence-electron chi connectivity index (χ1n) is 8.81. The fourth-order valence-electron chi connectivity index (χ4n) is 2.80. The molecule has 0 bridgehead atoms. The van der Waals surface area contributed by atoms with E-state index in [-0.39, 0.29) is 5.92 Å². The molecule has 0 radical (unpaired) electrons. The molecule has 0 aromatic heterocycles. The lowest BCUT2D eigenvalue weighted by Gasteiger charge is -2.37. The van der Waals surface area contributed by atoms with Crippen LogP contribution in [0.25, 0.3) is 0 Å². The lowest BCUT2D eigenvalue weighted by atomic mass is 9.92. The summed E-state index contributed by atoms with van der Waals surface area (Å²) in [6, 6.07) is -0.497. The third-order valence-electron chi connectivity index (χ3n) is 4.03. The van der Waals surface area contributed by atoms with Crippen molar-refractivity contribution in [2.45, 2.75) is 78.4 Å². The predicted octanol–water partition coefficient (Wildman–Crippen LogP) is 3.81. The van der Waals surface area contributed by atoms with Crippen LogP contribution in [-0.2, 0) is 9.47 Å². The molecule has 0 aromatic rings. The van der Waals surface area contributed by atoms with Gasteiger partial charge in [0.05, 0.1) is 0 Å². The van der Waals surface area contributed by atoms with E-state index in [1.54, 1.807) is 0 Å². The van der Waals surface area contributed by atoms with Crippen LogP contribution in [0.1, 0.15) is 72.6 Å². The number of amides is 2. The highest BCUT2D eigenvalue weighted by Gasteiger charge is 2.35. The maximum atomic E-state index is 11.0. The third kappa shape index (κ3) is 9.26. The van der Waals surface area contributed by atoms with Crippen LogP contribution in [0.2, 0.25) is 0 Å². The SMILES string of the molecule is CCCCCCCCC(CNC(N)=O)C(C)(OCC)OCC. The second-order valence-corrected chi connectivity index (χ2v) is 5.88. The van der Waals surface area contributed by atoms with Gasteiger partial charge >= 0.3 is 6.03 Å².